The molecule has 1 N–H and O–H groups in total. The molecule has 1 aliphatic rings. The van der Waals surface area contributed by atoms with Crippen LogP contribution in [0.5, 0.6) is 0 Å². The molecule has 0 unspecified atom stereocenters. The van der Waals surface area contributed by atoms with E-state index in [2.05, 4.69) is 5.32 Å². The van der Waals surface area contributed by atoms with Crippen molar-refractivity contribution in [2.24, 2.45) is 0 Å². The molecule has 2 rings (SSSR count). The van der Waals surface area contributed by atoms with Crippen LogP contribution < -0.4 is 5.32 Å². The number of halogens is 1. The van der Waals surface area contributed by atoms with Crippen LogP contribution in [0.4, 0.5) is 14.9 Å². The molecule has 1 aromatic rings. The van der Waals surface area contributed by atoms with Gasteiger partial charge in [-0.25, -0.2) is 9.18 Å². The van der Waals surface area contributed by atoms with Gasteiger partial charge in [-0.2, -0.15) is 0 Å². The number of amides is 1. The highest BCUT2D eigenvalue weighted by Gasteiger charge is 2.20. The Labute approximate surface area is 124 Å². The molecular weight excluding hydrogens is 273 g/mol. The molecule has 1 saturated heterocycles. The van der Waals surface area contributed by atoms with Crippen molar-refractivity contribution in [3.05, 3.63) is 29.6 Å². The van der Waals surface area contributed by atoms with Crippen LogP contribution in [0.25, 0.3) is 0 Å². The molecule has 1 aliphatic heterocycles. The molecule has 1 heterocycles. The van der Waals surface area contributed by atoms with Gasteiger partial charge in [-0.05, 0) is 57.2 Å². The summed E-state index contributed by atoms with van der Waals surface area (Å²) in [6.07, 6.45) is 1.08. The van der Waals surface area contributed by atoms with Gasteiger partial charge in [0.25, 0.3) is 0 Å². The summed E-state index contributed by atoms with van der Waals surface area (Å²) in [6.45, 7) is 6.67. The van der Waals surface area contributed by atoms with Crippen molar-refractivity contribution in [3.63, 3.8) is 0 Å². The van der Waals surface area contributed by atoms with Gasteiger partial charge in [-0.1, -0.05) is 6.07 Å². The van der Waals surface area contributed by atoms with Gasteiger partial charge in [-0.3, -0.25) is 5.32 Å². The number of rotatable bonds is 2. The lowest BCUT2D eigenvalue weighted by atomic mass is 9.91. The third-order valence-electron chi connectivity index (χ3n) is 3.31. The average Bonchev–Trinajstić information content (AvgIpc) is 2.37. The molecule has 1 amide bonds. The molecule has 4 nitrogen and oxygen atoms in total. The third kappa shape index (κ3) is 4.70. The van der Waals surface area contributed by atoms with E-state index in [-0.39, 0.29) is 11.7 Å². The van der Waals surface area contributed by atoms with Gasteiger partial charge in [0.1, 0.15) is 11.4 Å². The van der Waals surface area contributed by atoms with Crippen LogP contribution in [-0.2, 0) is 9.47 Å². The zero-order valence-corrected chi connectivity index (χ0v) is 12.7. The van der Waals surface area contributed by atoms with Gasteiger partial charge in [0.15, 0.2) is 0 Å². The Morgan fingerprint density at radius 2 is 2.00 bits per heavy atom. The number of carbonyl (C=O) groups excluding carboxylic acids is 1. The zero-order valence-electron chi connectivity index (χ0n) is 12.7. The topological polar surface area (TPSA) is 47.6 Å². The average molecular weight is 295 g/mol. The maximum atomic E-state index is 14.2. The summed E-state index contributed by atoms with van der Waals surface area (Å²) in [5.74, 6) is -0.107. The van der Waals surface area contributed by atoms with E-state index in [1.54, 1.807) is 32.9 Å². The summed E-state index contributed by atoms with van der Waals surface area (Å²) in [6, 6.07) is 4.78. The Balaban J connectivity index is 2.03. The second-order valence-electron chi connectivity index (χ2n) is 6.25. The quantitative estimate of drug-likeness (QED) is 0.894. The van der Waals surface area contributed by atoms with E-state index >= 15 is 0 Å². The minimum absolute atomic E-state index is 0.189. The first-order valence-electron chi connectivity index (χ1n) is 7.22. The van der Waals surface area contributed by atoms with Crippen LogP contribution in [0, 0.1) is 5.82 Å². The van der Waals surface area contributed by atoms with E-state index in [4.69, 9.17) is 9.47 Å². The maximum absolute atomic E-state index is 14.2. The summed E-state index contributed by atoms with van der Waals surface area (Å²) in [5.41, 5.74) is 0.510. The van der Waals surface area contributed by atoms with Crippen molar-refractivity contribution in [2.45, 2.75) is 45.1 Å². The predicted octanol–water partition coefficient (Wildman–Crippen LogP) is 4.07. The molecule has 0 spiro atoms. The van der Waals surface area contributed by atoms with E-state index < -0.39 is 11.7 Å². The highest BCUT2D eigenvalue weighted by molar-refractivity contribution is 5.84. The lowest BCUT2D eigenvalue weighted by molar-refractivity contribution is 0.0636. The molecule has 21 heavy (non-hydrogen) atoms. The Morgan fingerprint density at radius 1 is 1.33 bits per heavy atom. The van der Waals surface area contributed by atoms with Crippen molar-refractivity contribution in [3.8, 4) is 0 Å². The van der Waals surface area contributed by atoms with Gasteiger partial charge in [0.2, 0.25) is 0 Å². The van der Waals surface area contributed by atoms with E-state index in [1.165, 1.54) is 6.07 Å². The van der Waals surface area contributed by atoms with Gasteiger partial charge < -0.3 is 9.47 Å². The smallest absolute Gasteiger partial charge is 0.412 e. The molecule has 1 fully saturated rings. The standard InChI is InChI=1S/C16H22FNO3/c1-16(2,3)21-15(19)18-12-4-5-13(14(17)10-12)11-6-8-20-9-7-11/h4-5,10-11H,6-9H2,1-3H3,(H,18,19). The normalized spacial score (nSPS) is 16.6. The van der Waals surface area contributed by atoms with E-state index in [0.717, 1.165) is 12.8 Å². The first-order chi connectivity index (χ1) is 9.85. The molecule has 116 valence electrons. The Morgan fingerprint density at radius 3 is 2.57 bits per heavy atom. The molecular formula is C16H22FNO3. The number of nitrogens with one attached hydrogen (secondary N) is 1. The fourth-order valence-electron chi connectivity index (χ4n) is 2.37. The van der Waals surface area contributed by atoms with E-state index in [9.17, 15) is 9.18 Å². The molecule has 0 saturated carbocycles. The molecule has 0 aromatic heterocycles. The number of ether oxygens (including phenoxy) is 2. The van der Waals surface area contributed by atoms with Crippen LogP contribution in [0.3, 0.4) is 0 Å². The van der Waals surface area contributed by atoms with Crippen molar-refractivity contribution in [2.75, 3.05) is 18.5 Å². The predicted molar refractivity (Wildman–Crippen MR) is 79.1 cm³/mol. The largest absolute Gasteiger partial charge is 0.444 e. The van der Waals surface area contributed by atoms with E-state index in [0.29, 0.717) is 24.5 Å². The number of hydrogen-bond acceptors (Lipinski definition) is 3. The molecule has 0 bridgehead atoms. The Bertz CT molecular complexity index is 505. The van der Waals surface area contributed by atoms with Gasteiger partial charge in [0.05, 0.1) is 0 Å². The fourth-order valence-corrected chi connectivity index (χ4v) is 2.37. The number of anilines is 1. The van der Waals surface area contributed by atoms with Gasteiger partial charge in [0, 0.05) is 18.9 Å². The lowest BCUT2D eigenvalue weighted by Crippen LogP contribution is -2.27. The SMILES string of the molecule is CC(C)(C)OC(=O)Nc1ccc(C2CCOCC2)c(F)c1. The van der Waals surface area contributed by atoms with Crippen LogP contribution in [0.1, 0.15) is 45.1 Å². The van der Waals surface area contributed by atoms with Crippen molar-refractivity contribution < 1.29 is 18.7 Å². The van der Waals surface area contributed by atoms with Crippen LogP contribution >= 0.6 is 0 Å². The van der Waals surface area contributed by atoms with Crippen molar-refractivity contribution in [1.82, 2.24) is 0 Å². The summed E-state index contributed by atoms with van der Waals surface area (Å²) < 4.78 is 24.6. The molecule has 5 heteroatoms. The summed E-state index contributed by atoms with van der Waals surface area (Å²) >= 11 is 0. The third-order valence-corrected chi connectivity index (χ3v) is 3.31. The molecule has 0 aliphatic carbocycles. The fraction of sp³-hybridized carbons (Fsp3) is 0.562. The second kappa shape index (κ2) is 6.43. The highest BCUT2D eigenvalue weighted by atomic mass is 19.1. The number of carbonyl (C=O) groups is 1. The Kier molecular flexibility index (Phi) is 4.83. The summed E-state index contributed by atoms with van der Waals surface area (Å²) in [7, 11) is 0. The molecule has 1 aromatic carbocycles. The summed E-state index contributed by atoms with van der Waals surface area (Å²) in [5, 5.41) is 2.54. The molecule has 0 atom stereocenters. The summed E-state index contributed by atoms with van der Waals surface area (Å²) in [4.78, 5) is 11.7. The number of hydrogen-bond donors (Lipinski definition) is 1. The minimum atomic E-state index is -0.583. The van der Waals surface area contributed by atoms with Crippen LogP contribution in [-0.4, -0.2) is 24.9 Å². The van der Waals surface area contributed by atoms with Gasteiger partial charge in [-0.15, -0.1) is 0 Å². The highest BCUT2D eigenvalue weighted by Crippen LogP contribution is 2.30. The monoisotopic (exact) mass is 295 g/mol. The maximum Gasteiger partial charge on any atom is 0.412 e. The van der Waals surface area contributed by atoms with Crippen LogP contribution in [0.15, 0.2) is 18.2 Å². The van der Waals surface area contributed by atoms with Crippen LogP contribution in [0.2, 0.25) is 0 Å². The Hall–Kier alpha value is -1.62. The number of benzene rings is 1. The van der Waals surface area contributed by atoms with Gasteiger partial charge >= 0.3 is 6.09 Å². The lowest BCUT2D eigenvalue weighted by Gasteiger charge is -2.23. The minimum Gasteiger partial charge on any atom is -0.444 e. The van der Waals surface area contributed by atoms with Crippen molar-refractivity contribution in [1.29, 1.82) is 0 Å². The first-order valence-corrected chi connectivity index (χ1v) is 7.22. The van der Waals surface area contributed by atoms with E-state index in [1.807, 2.05) is 0 Å². The van der Waals surface area contributed by atoms with Crippen molar-refractivity contribution >= 4 is 11.8 Å². The molecule has 0 radical (unpaired) electrons. The second-order valence-corrected chi connectivity index (χ2v) is 6.25. The zero-order chi connectivity index (χ0) is 15.5. The first kappa shape index (κ1) is 15.8.